The Morgan fingerprint density at radius 3 is 2.64 bits per heavy atom. The minimum absolute atomic E-state index is 0.0307. The molecule has 1 unspecified atom stereocenters. The number of rotatable bonds is 9. The molecule has 0 saturated carbocycles. The summed E-state index contributed by atoms with van der Waals surface area (Å²) in [6.07, 6.45) is 5.19. The number of nitrogens with zero attached hydrogens (tertiary/aromatic N) is 1. The van der Waals surface area contributed by atoms with Crippen molar-refractivity contribution in [2.24, 2.45) is 4.99 Å². The Morgan fingerprint density at radius 1 is 1.27 bits per heavy atom. The molecule has 0 bridgehead atoms. The molecule has 1 aromatic carbocycles. The molecule has 0 radical (unpaired) electrons. The molecule has 2 rings (SSSR count). The van der Waals surface area contributed by atoms with Crippen molar-refractivity contribution in [2.75, 3.05) is 19.8 Å². The minimum atomic E-state index is -0.459. The Morgan fingerprint density at radius 2 is 2.05 bits per heavy atom. The molecule has 122 valence electrons. The van der Waals surface area contributed by atoms with E-state index >= 15 is 0 Å². The number of hydrogen-bond acceptors (Lipinski definition) is 4. The van der Waals surface area contributed by atoms with Crippen LogP contribution in [0, 0.1) is 0 Å². The van der Waals surface area contributed by atoms with Crippen LogP contribution in [-0.2, 0) is 11.2 Å². The highest BCUT2D eigenvalue weighted by molar-refractivity contribution is 5.75. The van der Waals surface area contributed by atoms with Crippen molar-refractivity contribution in [3.05, 3.63) is 29.8 Å². The van der Waals surface area contributed by atoms with Crippen molar-refractivity contribution in [1.29, 1.82) is 0 Å². The first kappa shape index (κ1) is 16.8. The maximum atomic E-state index is 9.59. The summed E-state index contributed by atoms with van der Waals surface area (Å²) < 4.78 is 11.1. The van der Waals surface area contributed by atoms with E-state index in [2.05, 4.69) is 24.0 Å². The quantitative estimate of drug-likeness (QED) is 0.712. The normalized spacial score (nSPS) is 20.6. The van der Waals surface area contributed by atoms with Gasteiger partial charge in [-0.05, 0) is 37.0 Å². The third-order valence-corrected chi connectivity index (χ3v) is 4.06. The van der Waals surface area contributed by atoms with Crippen LogP contribution in [0.15, 0.2) is 29.3 Å². The Hall–Kier alpha value is -1.55. The maximum Gasteiger partial charge on any atom is 0.180 e. The molecule has 0 saturated heterocycles. The van der Waals surface area contributed by atoms with Crippen LogP contribution in [0.25, 0.3) is 0 Å². The molecule has 1 aliphatic heterocycles. The lowest BCUT2D eigenvalue weighted by Crippen LogP contribution is -2.33. The first-order valence-corrected chi connectivity index (χ1v) is 8.19. The number of unbranched alkanes of at least 4 members (excludes halogenated alkanes) is 2. The fourth-order valence-electron chi connectivity index (χ4n) is 2.60. The number of aliphatic hydroxyl groups excluding tert-OH is 1. The van der Waals surface area contributed by atoms with Gasteiger partial charge in [0.15, 0.2) is 5.90 Å². The monoisotopic (exact) mass is 305 g/mol. The molecule has 1 aromatic rings. The molecule has 1 atom stereocenters. The van der Waals surface area contributed by atoms with E-state index in [4.69, 9.17) is 9.47 Å². The van der Waals surface area contributed by atoms with E-state index in [1.165, 1.54) is 18.4 Å². The van der Waals surface area contributed by atoms with Crippen LogP contribution < -0.4 is 4.74 Å². The second-order valence-electron chi connectivity index (χ2n) is 6.00. The van der Waals surface area contributed by atoms with Crippen molar-refractivity contribution >= 4 is 5.90 Å². The van der Waals surface area contributed by atoms with Gasteiger partial charge in [-0.25, -0.2) is 4.99 Å². The van der Waals surface area contributed by atoms with Gasteiger partial charge >= 0.3 is 0 Å². The number of ether oxygens (including phenoxy) is 2. The van der Waals surface area contributed by atoms with Gasteiger partial charge in [-0.1, -0.05) is 31.9 Å². The summed E-state index contributed by atoms with van der Waals surface area (Å²) in [4.78, 5) is 4.45. The summed E-state index contributed by atoms with van der Waals surface area (Å²) in [6, 6.07) is 8.22. The number of aryl methyl sites for hydroxylation is 1. The van der Waals surface area contributed by atoms with Gasteiger partial charge in [-0.15, -0.1) is 0 Å². The van der Waals surface area contributed by atoms with Crippen molar-refractivity contribution in [1.82, 2.24) is 0 Å². The third kappa shape index (κ3) is 4.73. The molecule has 1 aliphatic rings. The van der Waals surface area contributed by atoms with Gasteiger partial charge in [-0.3, -0.25) is 0 Å². The van der Waals surface area contributed by atoms with E-state index in [9.17, 15) is 5.11 Å². The molecular weight excluding hydrogens is 278 g/mol. The average molecular weight is 305 g/mol. The molecule has 0 spiro atoms. The third-order valence-electron chi connectivity index (χ3n) is 4.06. The van der Waals surface area contributed by atoms with E-state index in [-0.39, 0.29) is 6.61 Å². The molecule has 22 heavy (non-hydrogen) atoms. The molecule has 4 nitrogen and oxygen atoms in total. The van der Waals surface area contributed by atoms with E-state index < -0.39 is 5.54 Å². The highest BCUT2D eigenvalue weighted by atomic mass is 16.5. The van der Waals surface area contributed by atoms with Crippen LogP contribution >= 0.6 is 0 Å². The molecule has 0 aromatic heterocycles. The molecule has 1 heterocycles. The average Bonchev–Trinajstić information content (AvgIpc) is 2.93. The second-order valence-corrected chi connectivity index (χ2v) is 6.00. The molecule has 4 heteroatoms. The number of aliphatic hydroxyl groups is 1. The van der Waals surface area contributed by atoms with Crippen LogP contribution in [0.5, 0.6) is 5.75 Å². The highest BCUT2D eigenvalue weighted by Crippen LogP contribution is 2.25. The fourth-order valence-corrected chi connectivity index (χ4v) is 2.60. The van der Waals surface area contributed by atoms with E-state index in [1.807, 2.05) is 19.1 Å². The maximum absolute atomic E-state index is 9.59. The van der Waals surface area contributed by atoms with Crippen LogP contribution in [0.1, 0.15) is 45.1 Å². The van der Waals surface area contributed by atoms with Crippen LogP contribution in [0.3, 0.4) is 0 Å². The van der Waals surface area contributed by atoms with E-state index in [1.54, 1.807) is 0 Å². The topological polar surface area (TPSA) is 51.0 Å². The Labute approximate surface area is 133 Å². The van der Waals surface area contributed by atoms with E-state index in [0.717, 1.165) is 31.6 Å². The Balaban J connectivity index is 1.81. The lowest BCUT2D eigenvalue weighted by molar-refractivity contribution is 0.150. The zero-order valence-corrected chi connectivity index (χ0v) is 13.7. The van der Waals surface area contributed by atoms with Gasteiger partial charge in [-0.2, -0.15) is 0 Å². The van der Waals surface area contributed by atoms with Gasteiger partial charge in [0, 0.05) is 6.92 Å². The van der Waals surface area contributed by atoms with Crippen LogP contribution in [0.2, 0.25) is 0 Å². The standard InChI is InChI=1S/C18H27NO3/c1-3-4-5-12-21-17-8-6-16(7-9-17)10-11-18(13-20)14-22-15(2)19-18/h6-9,20H,3-5,10-14H2,1-2H3. The predicted molar refractivity (Wildman–Crippen MR) is 88.7 cm³/mol. The largest absolute Gasteiger partial charge is 0.494 e. The lowest BCUT2D eigenvalue weighted by Gasteiger charge is -2.21. The van der Waals surface area contributed by atoms with Gasteiger partial charge in [0.05, 0.1) is 13.2 Å². The predicted octanol–water partition coefficient (Wildman–Crippen LogP) is 3.37. The number of benzene rings is 1. The summed E-state index contributed by atoms with van der Waals surface area (Å²) in [6.45, 7) is 5.32. The van der Waals surface area contributed by atoms with Crippen molar-refractivity contribution < 1.29 is 14.6 Å². The molecular formula is C18H27NO3. The summed E-state index contributed by atoms with van der Waals surface area (Å²) in [7, 11) is 0. The molecule has 0 fully saturated rings. The fraction of sp³-hybridized carbons (Fsp3) is 0.611. The SMILES string of the molecule is CCCCCOc1ccc(CCC2(CO)COC(C)=N2)cc1. The van der Waals surface area contributed by atoms with Gasteiger partial charge in [0.1, 0.15) is 17.9 Å². The number of aliphatic imine (C=N–C) groups is 1. The zero-order chi connectivity index (χ0) is 15.8. The van der Waals surface area contributed by atoms with Gasteiger partial charge < -0.3 is 14.6 Å². The minimum Gasteiger partial charge on any atom is -0.494 e. The van der Waals surface area contributed by atoms with E-state index in [0.29, 0.717) is 12.5 Å². The van der Waals surface area contributed by atoms with Crippen LogP contribution in [-0.4, -0.2) is 36.4 Å². The van der Waals surface area contributed by atoms with Crippen molar-refractivity contribution in [3.63, 3.8) is 0 Å². The molecule has 0 amide bonds. The summed E-state index contributed by atoms with van der Waals surface area (Å²) >= 11 is 0. The second kappa shape index (κ2) is 8.18. The van der Waals surface area contributed by atoms with Gasteiger partial charge in [0.2, 0.25) is 0 Å². The lowest BCUT2D eigenvalue weighted by atomic mass is 9.94. The Kier molecular flexibility index (Phi) is 6.25. The summed E-state index contributed by atoms with van der Waals surface area (Å²) in [5.74, 6) is 1.60. The molecule has 0 aliphatic carbocycles. The van der Waals surface area contributed by atoms with Crippen molar-refractivity contribution in [3.8, 4) is 5.75 Å². The Bertz CT molecular complexity index is 484. The number of hydrogen-bond donors (Lipinski definition) is 1. The smallest absolute Gasteiger partial charge is 0.180 e. The summed E-state index contributed by atoms with van der Waals surface area (Å²) in [5, 5.41) is 9.59. The zero-order valence-electron chi connectivity index (χ0n) is 13.7. The molecule has 1 N–H and O–H groups in total. The van der Waals surface area contributed by atoms with Crippen molar-refractivity contribution in [2.45, 2.75) is 51.5 Å². The summed E-state index contributed by atoms with van der Waals surface area (Å²) in [5.41, 5.74) is 0.771. The highest BCUT2D eigenvalue weighted by Gasteiger charge is 2.34. The first-order chi connectivity index (χ1) is 10.7. The van der Waals surface area contributed by atoms with Gasteiger partial charge in [0.25, 0.3) is 0 Å². The first-order valence-electron chi connectivity index (χ1n) is 8.19. The van der Waals surface area contributed by atoms with Crippen LogP contribution in [0.4, 0.5) is 0 Å².